The molecule has 0 aliphatic carbocycles. The molecule has 8 nitrogen and oxygen atoms in total. The number of benzene rings is 2. The van der Waals surface area contributed by atoms with E-state index in [1.165, 1.54) is 6.07 Å². The number of urea groups is 1. The maximum atomic E-state index is 15.0. The van der Waals surface area contributed by atoms with Gasteiger partial charge >= 0.3 is 6.03 Å². The molecule has 2 aliphatic rings. The fraction of sp³-hybridized carbons (Fsp3) is 0.379. The number of para-hydroxylation sites is 1. The van der Waals surface area contributed by atoms with Gasteiger partial charge in [0.2, 0.25) is 0 Å². The number of ether oxygens (including phenoxy) is 2. The van der Waals surface area contributed by atoms with Crippen LogP contribution in [0.2, 0.25) is 0 Å². The zero-order valence-corrected chi connectivity index (χ0v) is 22.3. The van der Waals surface area contributed by atoms with Gasteiger partial charge in [-0.3, -0.25) is 9.80 Å². The molecule has 2 aromatic carbocycles. The first kappa shape index (κ1) is 25.8. The average molecular weight is 520 g/mol. The molecule has 1 N–H and O–H groups in total. The first-order chi connectivity index (χ1) is 18.4. The number of likely N-dealkylation sites (tertiary alicyclic amines) is 1. The van der Waals surface area contributed by atoms with Gasteiger partial charge in [-0.1, -0.05) is 12.1 Å². The number of hydrogen-bond donors (Lipinski definition) is 1. The highest BCUT2D eigenvalue weighted by atomic mass is 19.1. The summed E-state index contributed by atoms with van der Waals surface area (Å²) < 4.78 is 25.8. The van der Waals surface area contributed by atoms with Crippen LogP contribution in [-0.4, -0.2) is 56.3 Å². The summed E-state index contributed by atoms with van der Waals surface area (Å²) in [7, 11) is 5.34. The van der Waals surface area contributed by atoms with E-state index in [2.05, 4.69) is 22.2 Å². The van der Waals surface area contributed by atoms with Gasteiger partial charge in [-0.05, 0) is 63.7 Å². The van der Waals surface area contributed by atoms with E-state index in [-0.39, 0.29) is 18.6 Å². The Morgan fingerprint density at radius 1 is 1.11 bits per heavy atom. The number of carbonyl (C=O) groups excluding carboxylic acids is 1. The predicted octanol–water partition coefficient (Wildman–Crippen LogP) is 5.20. The highest BCUT2D eigenvalue weighted by Crippen LogP contribution is 2.38. The molecule has 0 atom stereocenters. The monoisotopic (exact) mass is 519 g/mol. The lowest BCUT2D eigenvalue weighted by atomic mass is 10.00. The smallest absolute Gasteiger partial charge is 0.329 e. The van der Waals surface area contributed by atoms with Crippen LogP contribution in [0.3, 0.4) is 0 Å². The van der Waals surface area contributed by atoms with Crippen molar-refractivity contribution < 1.29 is 18.7 Å². The predicted molar refractivity (Wildman–Crippen MR) is 147 cm³/mol. The Kier molecular flexibility index (Phi) is 7.37. The number of carbonyl (C=O) groups is 1. The van der Waals surface area contributed by atoms with Crippen LogP contribution in [0.5, 0.6) is 11.5 Å². The molecule has 0 radical (unpaired) electrons. The molecule has 0 saturated carbocycles. The molecule has 1 fully saturated rings. The van der Waals surface area contributed by atoms with Crippen molar-refractivity contribution in [3.05, 3.63) is 71.2 Å². The number of amides is 2. The van der Waals surface area contributed by atoms with Gasteiger partial charge < -0.3 is 19.7 Å². The molecule has 38 heavy (non-hydrogen) atoms. The van der Waals surface area contributed by atoms with Crippen LogP contribution < -0.4 is 24.6 Å². The van der Waals surface area contributed by atoms with E-state index in [1.807, 2.05) is 42.2 Å². The van der Waals surface area contributed by atoms with E-state index in [4.69, 9.17) is 9.47 Å². The van der Waals surface area contributed by atoms with Gasteiger partial charge in [-0.2, -0.15) is 0 Å². The number of aromatic nitrogens is 1. The summed E-state index contributed by atoms with van der Waals surface area (Å²) in [5.74, 6) is 1.70. The van der Waals surface area contributed by atoms with Crippen molar-refractivity contribution in [1.82, 2.24) is 9.88 Å². The van der Waals surface area contributed by atoms with Crippen molar-refractivity contribution >= 4 is 23.2 Å². The fourth-order valence-corrected chi connectivity index (χ4v) is 5.32. The third-order valence-corrected chi connectivity index (χ3v) is 7.45. The standard InChI is InChI=1S/C29H34FN5O3/c1-19-6-5-7-24(30)28(19)34-18-21-17-32-27(31-16-20-8-9-23(37-3)14-26(20)38-4)15-25(21)35(29(34)36)22-10-12-33(2)13-11-22/h5-9,14-15,17,22H,10-13,16,18H2,1-4H3,(H,31,32). The number of aryl methyl sites for hydroxylation is 1. The van der Waals surface area contributed by atoms with Crippen molar-refractivity contribution in [2.75, 3.05) is 49.5 Å². The minimum Gasteiger partial charge on any atom is -0.497 e. The summed E-state index contributed by atoms with van der Waals surface area (Å²) in [4.78, 5) is 24.3. The Hall–Kier alpha value is -3.85. The van der Waals surface area contributed by atoms with Gasteiger partial charge in [-0.25, -0.2) is 14.2 Å². The lowest BCUT2D eigenvalue weighted by Crippen LogP contribution is -2.55. The second-order valence-electron chi connectivity index (χ2n) is 9.91. The Morgan fingerprint density at radius 2 is 1.89 bits per heavy atom. The van der Waals surface area contributed by atoms with E-state index in [0.717, 1.165) is 54.1 Å². The summed E-state index contributed by atoms with van der Waals surface area (Å²) >= 11 is 0. The number of halogens is 1. The molecule has 0 unspecified atom stereocenters. The molecule has 9 heteroatoms. The van der Waals surface area contributed by atoms with Gasteiger partial charge in [0.1, 0.15) is 23.1 Å². The molecule has 0 bridgehead atoms. The van der Waals surface area contributed by atoms with Crippen molar-refractivity contribution in [2.24, 2.45) is 0 Å². The van der Waals surface area contributed by atoms with E-state index < -0.39 is 5.82 Å². The summed E-state index contributed by atoms with van der Waals surface area (Å²) in [6, 6.07) is 12.3. The normalized spacial score (nSPS) is 16.4. The number of hydrogen-bond acceptors (Lipinski definition) is 6. The zero-order valence-electron chi connectivity index (χ0n) is 22.3. The van der Waals surface area contributed by atoms with Gasteiger partial charge in [0.15, 0.2) is 0 Å². The van der Waals surface area contributed by atoms with Crippen LogP contribution in [0.1, 0.15) is 29.5 Å². The Morgan fingerprint density at radius 3 is 2.61 bits per heavy atom. The summed E-state index contributed by atoms with van der Waals surface area (Å²) in [5.41, 5.74) is 3.73. The van der Waals surface area contributed by atoms with Gasteiger partial charge in [-0.15, -0.1) is 0 Å². The number of nitrogens with one attached hydrogen (secondary N) is 1. The summed E-state index contributed by atoms with van der Waals surface area (Å²) in [6.07, 6.45) is 3.49. The highest BCUT2D eigenvalue weighted by Gasteiger charge is 2.38. The molecule has 1 saturated heterocycles. The average Bonchev–Trinajstić information content (AvgIpc) is 2.92. The lowest BCUT2D eigenvalue weighted by molar-refractivity contribution is 0.229. The van der Waals surface area contributed by atoms with Crippen LogP contribution in [0.25, 0.3) is 0 Å². The van der Waals surface area contributed by atoms with Crippen LogP contribution in [0, 0.1) is 12.7 Å². The van der Waals surface area contributed by atoms with Crippen LogP contribution in [0.15, 0.2) is 48.7 Å². The maximum absolute atomic E-state index is 15.0. The zero-order chi connectivity index (χ0) is 26.8. The van der Waals surface area contributed by atoms with E-state index in [9.17, 15) is 9.18 Å². The van der Waals surface area contributed by atoms with Crippen LogP contribution >= 0.6 is 0 Å². The first-order valence-corrected chi connectivity index (χ1v) is 12.9. The lowest BCUT2D eigenvalue weighted by Gasteiger charge is -2.44. The molecule has 1 aromatic heterocycles. The largest absolute Gasteiger partial charge is 0.497 e. The van der Waals surface area contributed by atoms with E-state index >= 15 is 0 Å². The van der Waals surface area contributed by atoms with Gasteiger partial charge in [0.25, 0.3) is 0 Å². The Balaban J connectivity index is 1.47. The van der Waals surface area contributed by atoms with Crippen LogP contribution in [-0.2, 0) is 13.1 Å². The molecular weight excluding hydrogens is 485 g/mol. The number of fused-ring (bicyclic) bond motifs is 1. The SMILES string of the molecule is COc1ccc(CNc2cc3c(cn2)CN(c2c(C)cccc2F)C(=O)N3C2CCN(C)CC2)c(OC)c1. The Labute approximate surface area is 223 Å². The second-order valence-corrected chi connectivity index (χ2v) is 9.91. The van der Waals surface area contributed by atoms with Crippen molar-refractivity contribution in [1.29, 1.82) is 0 Å². The number of methoxy groups -OCH3 is 2. The fourth-order valence-electron chi connectivity index (χ4n) is 5.32. The molecule has 3 heterocycles. The number of nitrogens with zero attached hydrogens (tertiary/aromatic N) is 4. The van der Waals surface area contributed by atoms with Crippen molar-refractivity contribution in [2.45, 2.75) is 38.9 Å². The molecule has 5 rings (SSSR count). The number of pyridine rings is 1. The third-order valence-electron chi connectivity index (χ3n) is 7.45. The van der Waals surface area contributed by atoms with Crippen molar-refractivity contribution in [3.8, 4) is 11.5 Å². The topological polar surface area (TPSA) is 70.2 Å². The van der Waals surface area contributed by atoms with Gasteiger partial charge in [0.05, 0.1) is 32.1 Å². The molecule has 3 aromatic rings. The summed E-state index contributed by atoms with van der Waals surface area (Å²) in [6.45, 7) is 4.38. The number of piperidine rings is 1. The Bertz CT molecular complexity index is 1310. The van der Waals surface area contributed by atoms with Crippen molar-refractivity contribution in [3.63, 3.8) is 0 Å². The van der Waals surface area contributed by atoms with E-state index in [0.29, 0.717) is 23.8 Å². The van der Waals surface area contributed by atoms with E-state index in [1.54, 1.807) is 31.4 Å². The third kappa shape index (κ3) is 4.98. The van der Waals surface area contributed by atoms with Crippen LogP contribution in [0.4, 0.5) is 26.4 Å². The number of rotatable bonds is 7. The minimum atomic E-state index is -0.398. The molecule has 200 valence electrons. The quantitative estimate of drug-likeness (QED) is 0.463. The molecule has 2 aliphatic heterocycles. The maximum Gasteiger partial charge on any atom is 0.329 e. The minimum absolute atomic E-state index is 0.0178. The number of anilines is 3. The molecular formula is C29H34FN5O3. The molecule has 0 spiro atoms. The molecule has 2 amide bonds. The first-order valence-electron chi connectivity index (χ1n) is 12.9. The summed E-state index contributed by atoms with van der Waals surface area (Å²) in [5, 5.41) is 3.38. The second kappa shape index (κ2) is 10.9. The highest BCUT2D eigenvalue weighted by molar-refractivity contribution is 6.07. The van der Waals surface area contributed by atoms with Gasteiger partial charge in [0, 0.05) is 42.0 Å².